The number of carbonyl (C=O) groups excluding carboxylic acids is 1. The molecule has 0 radical (unpaired) electrons. The van der Waals surface area contributed by atoms with Crippen molar-refractivity contribution in [2.24, 2.45) is 5.92 Å². The van der Waals surface area contributed by atoms with Crippen molar-refractivity contribution in [2.75, 3.05) is 19.7 Å². The Morgan fingerprint density at radius 2 is 2.03 bits per heavy atom. The molecule has 5 rings (SSSR count). The second-order valence-corrected chi connectivity index (χ2v) is 8.91. The zero-order valence-corrected chi connectivity index (χ0v) is 19.6. The maximum absolute atomic E-state index is 12.7. The average molecular weight is 475 g/mol. The van der Waals surface area contributed by atoms with E-state index in [0.29, 0.717) is 41.5 Å². The van der Waals surface area contributed by atoms with Gasteiger partial charge < -0.3 is 23.6 Å². The van der Waals surface area contributed by atoms with Gasteiger partial charge in [0.15, 0.2) is 11.5 Å². The number of piperidine rings is 1. The number of hydrogen-bond donors (Lipinski definition) is 1. The molecule has 0 aliphatic carbocycles. The van der Waals surface area contributed by atoms with E-state index in [2.05, 4.69) is 4.98 Å². The molecule has 8 heteroatoms. The number of carbonyl (C=O) groups is 1. The molecular weight excluding hydrogens is 448 g/mol. The number of ether oxygens (including phenoxy) is 1. The molecule has 4 aromatic rings. The van der Waals surface area contributed by atoms with Crippen LogP contribution < -0.4 is 10.4 Å². The topological polar surface area (TPSA) is 106 Å². The van der Waals surface area contributed by atoms with Gasteiger partial charge in [-0.15, -0.1) is 0 Å². The fraction of sp³-hybridized carbons (Fsp3) is 0.296. The lowest BCUT2D eigenvalue weighted by Crippen LogP contribution is -2.41. The highest BCUT2D eigenvalue weighted by Gasteiger charge is 2.25. The summed E-state index contributed by atoms with van der Waals surface area (Å²) in [6.07, 6.45) is 3.54. The second kappa shape index (κ2) is 9.29. The minimum absolute atomic E-state index is 0.0493. The van der Waals surface area contributed by atoms with E-state index < -0.39 is 5.63 Å². The Hall–Kier alpha value is -4.07. The summed E-state index contributed by atoms with van der Waals surface area (Å²) in [4.78, 5) is 30.8. The van der Waals surface area contributed by atoms with Crippen molar-refractivity contribution in [3.8, 4) is 23.0 Å². The van der Waals surface area contributed by atoms with Gasteiger partial charge in [-0.05, 0) is 63.1 Å². The summed E-state index contributed by atoms with van der Waals surface area (Å²) in [5.74, 6) is 1.33. The van der Waals surface area contributed by atoms with Crippen molar-refractivity contribution in [1.29, 1.82) is 0 Å². The number of nitrogens with zero attached hydrogens (tertiary/aromatic N) is 2. The Kier molecular flexibility index (Phi) is 6.03. The molecule has 0 spiro atoms. The van der Waals surface area contributed by atoms with Gasteiger partial charge in [-0.3, -0.25) is 9.78 Å². The van der Waals surface area contributed by atoms with Crippen molar-refractivity contribution < 1.29 is 23.5 Å². The molecule has 1 aliphatic heterocycles. The molecule has 180 valence electrons. The van der Waals surface area contributed by atoms with E-state index in [9.17, 15) is 14.7 Å². The number of fused-ring (bicyclic) bond motifs is 1. The fourth-order valence-electron chi connectivity index (χ4n) is 4.44. The zero-order valence-electron chi connectivity index (χ0n) is 19.6. The molecule has 0 bridgehead atoms. The highest BCUT2D eigenvalue weighted by atomic mass is 16.5. The standard InChI is InChI=1S/C27H26N2O6/c1-16-24(30)17(2)27(32)35-25(16)23-13-19-12-20(8-9-22(19)34-23)33-15-18-6-5-11-29(14-18)26(31)21-7-3-4-10-28-21/h3-4,7-10,12-13,18,30H,5-6,11,14-15H2,1-2H3. The summed E-state index contributed by atoms with van der Waals surface area (Å²) in [7, 11) is 0. The van der Waals surface area contributed by atoms with Crippen LogP contribution in [0.4, 0.5) is 0 Å². The first-order chi connectivity index (χ1) is 16.9. The highest BCUT2D eigenvalue weighted by Crippen LogP contribution is 2.34. The molecule has 1 fully saturated rings. The minimum atomic E-state index is -0.601. The van der Waals surface area contributed by atoms with Crippen molar-refractivity contribution in [2.45, 2.75) is 26.7 Å². The third kappa shape index (κ3) is 4.51. The third-order valence-corrected chi connectivity index (χ3v) is 6.44. The van der Waals surface area contributed by atoms with Gasteiger partial charge in [0.2, 0.25) is 0 Å². The number of hydrogen-bond acceptors (Lipinski definition) is 7. The second-order valence-electron chi connectivity index (χ2n) is 8.91. The summed E-state index contributed by atoms with van der Waals surface area (Å²) in [5.41, 5.74) is 1.08. The molecule has 1 amide bonds. The van der Waals surface area contributed by atoms with E-state index >= 15 is 0 Å². The first kappa shape index (κ1) is 22.7. The maximum Gasteiger partial charge on any atom is 0.343 e. The van der Waals surface area contributed by atoms with Crippen LogP contribution in [0.15, 0.2) is 62.3 Å². The molecule has 1 aromatic carbocycles. The van der Waals surface area contributed by atoms with Crippen molar-refractivity contribution in [1.82, 2.24) is 9.88 Å². The number of pyridine rings is 1. The Balaban J connectivity index is 1.28. The van der Waals surface area contributed by atoms with Crippen LogP contribution in [0.2, 0.25) is 0 Å². The SMILES string of the molecule is Cc1c(-c2cc3cc(OCC4CCCN(C(=O)c5ccccn5)C4)ccc3o2)oc(=O)c(C)c1O. The molecule has 1 atom stereocenters. The fourth-order valence-corrected chi connectivity index (χ4v) is 4.44. The smallest absolute Gasteiger partial charge is 0.343 e. The maximum atomic E-state index is 12.7. The predicted molar refractivity (Wildman–Crippen MR) is 130 cm³/mol. The molecule has 1 saturated heterocycles. The van der Waals surface area contributed by atoms with Crippen LogP contribution in [0.5, 0.6) is 11.5 Å². The van der Waals surface area contributed by atoms with Crippen LogP contribution in [0.3, 0.4) is 0 Å². The van der Waals surface area contributed by atoms with Crippen molar-refractivity contribution in [3.63, 3.8) is 0 Å². The first-order valence-corrected chi connectivity index (χ1v) is 11.6. The highest BCUT2D eigenvalue weighted by molar-refractivity contribution is 5.92. The molecule has 3 aromatic heterocycles. The van der Waals surface area contributed by atoms with Crippen LogP contribution in [-0.2, 0) is 0 Å². The van der Waals surface area contributed by atoms with E-state index in [-0.39, 0.29) is 28.9 Å². The molecule has 1 unspecified atom stereocenters. The zero-order chi connectivity index (χ0) is 24.5. The Labute approximate surface area is 201 Å². The van der Waals surface area contributed by atoms with Crippen molar-refractivity contribution >= 4 is 16.9 Å². The predicted octanol–water partition coefficient (Wildman–Crippen LogP) is 4.70. The summed E-state index contributed by atoms with van der Waals surface area (Å²) < 4.78 is 17.3. The normalized spacial score (nSPS) is 15.9. The molecule has 35 heavy (non-hydrogen) atoms. The number of aromatic hydroxyl groups is 1. The number of likely N-dealkylation sites (tertiary alicyclic amines) is 1. The lowest BCUT2D eigenvalue weighted by molar-refractivity contribution is 0.0627. The molecule has 0 saturated carbocycles. The summed E-state index contributed by atoms with van der Waals surface area (Å²) in [6, 6.07) is 12.6. The molecular formula is C27H26N2O6. The van der Waals surface area contributed by atoms with Crippen LogP contribution >= 0.6 is 0 Å². The van der Waals surface area contributed by atoms with E-state index in [4.69, 9.17) is 13.6 Å². The Morgan fingerprint density at radius 1 is 1.17 bits per heavy atom. The number of furan rings is 1. The average Bonchev–Trinajstić information content (AvgIpc) is 3.31. The Bertz CT molecular complexity index is 1440. The van der Waals surface area contributed by atoms with Crippen molar-refractivity contribution in [3.05, 3.63) is 75.9 Å². The van der Waals surface area contributed by atoms with Gasteiger partial charge in [0.05, 0.1) is 12.2 Å². The minimum Gasteiger partial charge on any atom is -0.507 e. The van der Waals surface area contributed by atoms with Gasteiger partial charge in [-0.2, -0.15) is 0 Å². The Morgan fingerprint density at radius 3 is 2.83 bits per heavy atom. The lowest BCUT2D eigenvalue weighted by Gasteiger charge is -2.32. The number of rotatable bonds is 5. The molecule has 8 nitrogen and oxygen atoms in total. The molecule has 4 heterocycles. The number of aromatic nitrogens is 1. The number of benzene rings is 1. The third-order valence-electron chi connectivity index (χ3n) is 6.44. The summed E-state index contributed by atoms with van der Waals surface area (Å²) >= 11 is 0. The van der Waals surface area contributed by atoms with Gasteiger partial charge in [-0.1, -0.05) is 6.07 Å². The largest absolute Gasteiger partial charge is 0.507 e. The quantitative estimate of drug-likeness (QED) is 0.447. The van der Waals surface area contributed by atoms with Gasteiger partial charge in [0, 0.05) is 36.2 Å². The summed E-state index contributed by atoms with van der Waals surface area (Å²) in [6.45, 7) is 5.03. The number of amides is 1. The lowest BCUT2D eigenvalue weighted by atomic mass is 9.98. The molecule has 1 aliphatic rings. The van der Waals surface area contributed by atoms with E-state index in [1.165, 1.54) is 6.92 Å². The summed E-state index contributed by atoms with van der Waals surface area (Å²) in [5, 5.41) is 11.0. The van der Waals surface area contributed by atoms with Crippen LogP contribution in [0.1, 0.15) is 34.5 Å². The van der Waals surface area contributed by atoms with Crippen LogP contribution in [0.25, 0.3) is 22.5 Å². The monoisotopic (exact) mass is 474 g/mol. The van der Waals surface area contributed by atoms with Crippen LogP contribution in [-0.4, -0.2) is 40.6 Å². The van der Waals surface area contributed by atoms with Gasteiger partial charge in [0.1, 0.15) is 22.8 Å². The molecule has 1 N–H and O–H groups in total. The van der Waals surface area contributed by atoms with Gasteiger partial charge >= 0.3 is 5.63 Å². The van der Waals surface area contributed by atoms with Gasteiger partial charge in [0.25, 0.3) is 5.91 Å². The van der Waals surface area contributed by atoms with E-state index in [1.807, 2.05) is 23.1 Å². The van der Waals surface area contributed by atoms with Gasteiger partial charge in [-0.25, -0.2) is 4.79 Å². The van der Waals surface area contributed by atoms with E-state index in [0.717, 1.165) is 24.8 Å². The first-order valence-electron chi connectivity index (χ1n) is 11.6. The van der Waals surface area contributed by atoms with E-state index in [1.54, 1.807) is 37.4 Å². The van der Waals surface area contributed by atoms with Crippen LogP contribution in [0, 0.1) is 19.8 Å².